The Balaban J connectivity index is -0.000000295. The van der Waals surface area contributed by atoms with Crippen molar-refractivity contribution < 1.29 is 61.1 Å². The summed E-state index contributed by atoms with van der Waals surface area (Å²) >= 11 is 0. The maximum absolute atomic E-state index is 10.4. The van der Waals surface area contributed by atoms with Crippen LogP contribution < -0.4 is 0 Å². The van der Waals surface area contributed by atoms with Crippen LogP contribution in [-0.2, 0) is 50.9 Å². The van der Waals surface area contributed by atoms with Gasteiger partial charge in [-0.05, 0) is 26.7 Å². The Morgan fingerprint density at radius 3 is 1.33 bits per heavy atom. The van der Waals surface area contributed by atoms with Crippen molar-refractivity contribution in [1.29, 1.82) is 0 Å². The minimum absolute atomic E-state index is 0. The van der Waals surface area contributed by atoms with Gasteiger partial charge in [-0.1, -0.05) is 13.8 Å². The number of rotatable bonds is 8. The van der Waals surface area contributed by atoms with Gasteiger partial charge >= 0.3 is 11.9 Å². The molecule has 0 fully saturated rings. The van der Waals surface area contributed by atoms with Crippen molar-refractivity contribution in [3.8, 4) is 0 Å². The van der Waals surface area contributed by atoms with Gasteiger partial charge in [-0.15, -0.1) is 0 Å². The molecule has 21 heavy (non-hydrogen) atoms. The van der Waals surface area contributed by atoms with E-state index >= 15 is 0 Å². The van der Waals surface area contributed by atoms with E-state index in [1.165, 1.54) is 13.8 Å². The third-order valence-corrected chi connectivity index (χ3v) is 1.54. The summed E-state index contributed by atoms with van der Waals surface area (Å²) < 4.78 is 0. The second-order valence-corrected chi connectivity index (χ2v) is 3.80. The molecular formula is C12H24O8Ti. The molecule has 0 amide bonds. The Hall–Kier alpha value is -0.506. The molecule has 0 aliphatic rings. The first-order chi connectivity index (χ1) is 9.36. The molecule has 0 aromatic heterocycles. The van der Waals surface area contributed by atoms with Crippen LogP contribution in [0.25, 0.3) is 0 Å². The number of aliphatic hydroxyl groups is 2. The largest absolute Gasteiger partial charge is 0.382 e. The van der Waals surface area contributed by atoms with Crippen molar-refractivity contribution >= 4 is 11.9 Å². The molecule has 124 valence electrons. The van der Waals surface area contributed by atoms with E-state index in [0.717, 1.165) is 12.8 Å². The molecule has 0 aliphatic carbocycles. The van der Waals surface area contributed by atoms with Gasteiger partial charge in [0.05, 0.1) is 13.2 Å². The Morgan fingerprint density at radius 2 is 1.14 bits per heavy atom. The van der Waals surface area contributed by atoms with Crippen molar-refractivity contribution in [3.05, 3.63) is 0 Å². The van der Waals surface area contributed by atoms with Crippen LogP contribution in [0.15, 0.2) is 0 Å². The SMILES string of the molecule is CCCOOC(=O)C(C)O.CCCOOC(=O)C(C)O.[Ti]. The third-order valence-electron chi connectivity index (χ3n) is 1.54. The second kappa shape index (κ2) is 17.5. The topological polar surface area (TPSA) is 112 Å². The average molecular weight is 344 g/mol. The fourth-order valence-corrected chi connectivity index (χ4v) is 0.505. The van der Waals surface area contributed by atoms with Gasteiger partial charge in [0.15, 0.2) is 12.2 Å². The van der Waals surface area contributed by atoms with E-state index in [2.05, 4.69) is 19.6 Å². The van der Waals surface area contributed by atoms with Gasteiger partial charge < -0.3 is 10.2 Å². The summed E-state index contributed by atoms with van der Waals surface area (Å²) in [5.41, 5.74) is 0. The Labute approximate surface area is 139 Å². The van der Waals surface area contributed by atoms with Crippen LogP contribution in [0.1, 0.15) is 40.5 Å². The molecule has 0 aliphatic heterocycles. The number of aliphatic hydroxyl groups excluding tert-OH is 2. The van der Waals surface area contributed by atoms with E-state index in [-0.39, 0.29) is 21.7 Å². The molecule has 2 N–H and O–H groups in total. The van der Waals surface area contributed by atoms with Crippen molar-refractivity contribution in [3.63, 3.8) is 0 Å². The van der Waals surface area contributed by atoms with E-state index in [1.54, 1.807) is 0 Å². The van der Waals surface area contributed by atoms with Crippen molar-refractivity contribution in [2.24, 2.45) is 0 Å². The van der Waals surface area contributed by atoms with Crippen LogP contribution in [0.5, 0.6) is 0 Å². The molecule has 0 rings (SSSR count). The first kappa shape index (κ1) is 25.4. The molecule has 2 unspecified atom stereocenters. The molecule has 0 saturated heterocycles. The minimum Gasteiger partial charge on any atom is -0.382 e. The van der Waals surface area contributed by atoms with Gasteiger partial charge in [0.25, 0.3) is 0 Å². The fraction of sp³-hybridized carbons (Fsp3) is 0.833. The number of hydrogen-bond donors (Lipinski definition) is 2. The molecule has 0 saturated carbocycles. The number of carbonyl (C=O) groups is 2. The molecule has 0 aromatic rings. The number of carbonyl (C=O) groups excluding carboxylic acids is 2. The predicted molar refractivity (Wildman–Crippen MR) is 68.0 cm³/mol. The van der Waals surface area contributed by atoms with E-state index in [0.29, 0.717) is 13.2 Å². The summed E-state index contributed by atoms with van der Waals surface area (Å²) in [7, 11) is 0. The third kappa shape index (κ3) is 19.5. The van der Waals surface area contributed by atoms with Crippen molar-refractivity contribution in [2.45, 2.75) is 52.7 Å². The molecule has 2 atom stereocenters. The molecule has 9 heteroatoms. The second-order valence-electron chi connectivity index (χ2n) is 3.80. The quantitative estimate of drug-likeness (QED) is 0.283. The molecule has 0 bridgehead atoms. The predicted octanol–water partition coefficient (Wildman–Crippen LogP) is 0.502. The summed E-state index contributed by atoms with van der Waals surface area (Å²) in [6.07, 6.45) is -0.686. The Morgan fingerprint density at radius 1 is 0.857 bits per heavy atom. The van der Waals surface area contributed by atoms with E-state index in [9.17, 15) is 9.59 Å². The van der Waals surface area contributed by atoms with Crippen LogP contribution in [0.4, 0.5) is 0 Å². The van der Waals surface area contributed by atoms with Crippen LogP contribution in [0.2, 0.25) is 0 Å². The zero-order valence-corrected chi connectivity index (χ0v) is 14.4. The van der Waals surface area contributed by atoms with Gasteiger partial charge in [-0.2, -0.15) is 9.78 Å². The molecule has 0 heterocycles. The van der Waals surface area contributed by atoms with Crippen LogP contribution in [0.3, 0.4) is 0 Å². The molecule has 0 radical (unpaired) electrons. The van der Waals surface area contributed by atoms with Crippen LogP contribution in [0, 0.1) is 0 Å². The van der Waals surface area contributed by atoms with E-state index in [1.807, 2.05) is 13.8 Å². The van der Waals surface area contributed by atoms with E-state index in [4.69, 9.17) is 10.2 Å². The van der Waals surface area contributed by atoms with Gasteiger partial charge in [-0.25, -0.2) is 9.59 Å². The molecule has 8 nitrogen and oxygen atoms in total. The average Bonchev–Trinajstić information content (AvgIpc) is 2.39. The summed E-state index contributed by atoms with van der Waals surface area (Å²) in [4.78, 5) is 37.9. The fourth-order valence-electron chi connectivity index (χ4n) is 0.505. The summed E-state index contributed by atoms with van der Waals surface area (Å²) in [6, 6.07) is 0. The monoisotopic (exact) mass is 344 g/mol. The van der Waals surface area contributed by atoms with Crippen molar-refractivity contribution in [1.82, 2.24) is 0 Å². The zero-order chi connectivity index (χ0) is 16.0. The molecule has 0 spiro atoms. The standard InChI is InChI=1S/2C6H12O4.Ti/c2*1-3-4-9-10-6(8)5(2)7;/h2*5,7H,3-4H2,1-2H3;. The van der Waals surface area contributed by atoms with Gasteiger partial charge in [-0.3, -0.25) is 9.78 Å². The van der Waals surface area contributed by atoms with Crippen molar-refractivity contribution in [2.75, 3.05) is 13.2 Å². The zero-order valence-electron chi connectivity index (χ0n) is 12.8. The summed E-state index contributed by atoms with van der Waals surface area (Å²) in [6.45, 7) is 7.12. The first-order valence-corrected chi connectivity index (χ1v) is 6.39. The first-order valence-electron chi connectivity index (χ1n) is 6.39. The maximum Gasteiger partial charge on any atom is 0.370 e. The maximum atomic E-state index is 10.4. The van der Waals surface area contributed by atoms with E-state index < -0.39 is 24.1 Å². The Bertz CT molecular complexity index is 232. The van der Waals surface area contributed by atoms with Crippen LogP contribution >= 0.6 is 0 Å². The van der Waals surface area contributed by atoms with Gasteiger partial charge in [0.2, 0.25) is 0 Å². The van der Waals surface area contributed by atoms with Crippen LogP contribution in [-0.4, -0.2) is 47.6 Å². The van der Waals surface area contributed by atoms with Gasteiger partial charge in [0, 0.05) is 21.7 Å². The Kier molecular flexibility index (Phi) is 21.3. The summed E-state index contributed by atoms with van der Waals surface area (Å²) in [5.74, 6) is -1.51. The summed E-state index contributed by atoms with van der Waals surface area (Å²) in [5, 5.41) is 17.1. The smallest absolute Gasteiger partial charge is 0.370 e. The number of hydrogen-bond acceptors (Lipinski definition) is 8. The normalized spacial score (nSPS) is 12.1. The molecular weight excluding hydrogens is 320 g/mol. The van der Waals surface area contributed by atoms with Gasteiger partial charge in [0.1, 0.15) is 0 Å². The minimum atomic E-state index is -1.11. The molecule has 0 aromatic carbocycles.